The highest BCUT2D eigenvalue weighted by molar-refractivity contribution is 9.10. The van der Waals surface area contributed by atoms with Gasteiger partial charge in [0.1, 0.15) is 5.75 Å². The van der Waals surface area contributed by atoms with Crippen LogP contribution >= 0.6 is 27.7 Å². The number of hydrogen-bond donors (Lipinski definition) is 0. The Balaban J connectivity index is 2.12. The van der Waals surface area contributed by atoms with Crippen molar-refractivity contribution in [3.8, 4) is 5.75 Å². The molecule has 0 atom stereocenters. The number of ether oxygens (including phenoxy) is 1. The molecule has 1 aliphatic rings. The van der Waals surface area contributed by atoms with Gasteiger partial charge in [-0.2, -0.15) is 0 Å². The maximum Gasteiger partial charge on any atom is 0.120 e. The number of halogens is 1. The van der Waals surface area contributed by atoms with Crippen molar-refractivity contribution in [2.45, 2.75) is 9.79 Å². The molecule has 0 N–H and O–H groups in total. The van der Waals surface area contributed by atoms with Crippen LogP contribution in [-0.2, 0) is 0 Å². The highest BCUT2D eigenvalue weighted by Gasteiger charge is 2.21. The minimum absolute atomic E-state index is 0.896. The van der Waals surface area contributed by atoms with E-state index >= 15 is 0 Å². The van der Waals surface area contributed by atoms with E-state index in [1.54, 1.807) is 18.9 Å². The Morgan fingerprint density at radius 2 is 1.72 bits per heavy atom. The second-order valence-corrected chi connectivity index (χ2v) is 6.11. The summed E-state index contributed by atoms with van der Waals surface area (Å²) in [6, 6.07) is 12.6. The third-order valence-electron chi connectivity index (χ3n) is 3.03. The predicted molar refractivity (Wildman–Crippen MR) is 79.3 cm³/mol. The molecule has 0 fully saturated rings. The smallest absolute Gasteiger partial charge is 0.120 e. The summed E-state index contributed by atoms with van der Waals surface area (Å²) in [5.41, 5.74) is 2.46. The van der Waals surface area contributed by atoms with Crippen molar-refractivity contribution < 1.29 is 4.74 Å². The first kappa shape index (κ1) is 11.9. The molecule has 0 amide bonds. The normalized spacial score (nSPS) is 12.9. The van der Waals surface area contributed by atoms with Crippen LogP contribution < -0.4 is 9.64 Å². The van der Waals surface area contributed by atoms with E-state index in [0.717, 1.165) is 10.2 Å². The van der Waals surface area contributed by atoms with Crippen LogP contribution in [0.3, 0.4) is 0 Å². The van der Waals surface area contributed by atoms with E-state index in [1.165, 1.54) is 21.2 Å². The van der Waals surface area contributed by atoms with Gasteiger partial charge < -0.3 is 9.64 Å². The molecule has 0 saturated heterocycles. The molecule has 4 heteroatoms. The number of nitrogens with zero attached hydrogens (tertiary/aromatic N) is 1. The van der Waals surface area contributed by atoms with Crippen molar-refractivity contribution in [2.24, 2.45) is 0 Å². The standard InChI is InChI=1S/C14H12BrNOS/c1-16-11-5-3-9(15)7-13(11)18-14-8-10(17-2)4-6-12(14)16/h3-8H,1-2H3. The summed E-state index contributed by atoms with van der Waals surface area (Å²) >= 11 is 5.30. The molecule has 92 valence electrons. The maximum atomic E-state index is 5.29. The third kappa shape index (κ3) is 1.89. The molecule has 2 nitrogen and oxygen atoms in total. The van der Waals surface area contributed by atoms with Crippen LogP contribution in [0.1, 0.15) is 0 Å². The van der Waals surface area contributed by atoms with Crippen molar-refractivity contribution in [3.63, 3.8) is 0 Å². The first-order valence-electron chi connectivity index (χ1n) is 5.58. The van der Waals surface area contributed by atoms with Crippen molar-refractivity contribution in [3.05, 3.63) is 40.9 Å². The Kier molecular flexibility index (Phi) is 2.99. The summed E-state index contributed by atoms with van der Waals surface area (Å²) in [4.78, 5) is 4.70. The molecule has 1 heterocycles. The minimum atomic E-state index is 0.896. The first-order valence-corrected chi connectivity index (χ1v) is 7.19. The second kappa shape index (κ2) is 4.52. The fourth-order valence-corrected chi connectivity index (χ4v) is 3.80. The summed E-state index contributed by atoms with van der Waals surface area (Å²) in [6.45, 7) is 0. The molecule has 0 unspecified atom stereocenters. The lowest BCUT2D eigenvalue weighted by Gasteiger charge is -2.29. The van der Waals surface area contributed by atoms with Gasteiger partial charge in [0.2, 0.25) is 0 Å². The van der Waals surface area contributed by atoms with Gasteiger partial charge in [-0.3, -0.25) is 0 Å². The van der Waals surface area contributed by atoms with E-state index in [0.29, 0.717) is 0 Å². The quantitative estimate of drug-likeness (QED) is 0.756. The van der Waals surface area contributed by atoms with Gasteiger partial charge in [-0.25, -0.2) is 0 Å². The zero-order valence-electron chi connectivity index (χ0n) is 10.1. The molecular formula is C14H12BrNOS. The summed E-state index contributed by atoms with van der Waals surface area (Å²) in [5.74, 6) is 0.896. The number of hydrogen-bond acceptors (Lipinski definition) is 3. The molecule has 0 radical (unpaired) electrons. The highest BCUT2D eigenvalue weighted by Crippen LogP contribution is 2.48. The highest BCUT2D eigenvalue weighted by atomic mass is 79.9. The zero-order valence-corrected chi connectivity index (χ0v) is 12.5. The van der Waals surface area contributed by atoms with Crippen LogP contribution in [0.25, 0.3) is 0 Å². The Morgan fingerprint density at radius 3 is 2.44 bits per heavy atom. The van der Waals surface area contributed by atoms with Crippen LogP contribution in [0.15, 0.2) is 50.7 Å². The van der Waals surface area contributed by atoms with Gasteiger partial charge >= 0.3 is 0 Å². The number of fused-ring (bicyclic) bond motifs is 2. The maximum absolute atomic E-state index is 5.29. The van der Waals surface area contributed by atoms with Crippen molar-refractivity contribution in [1.82, 2.24) is 0 Å². The van der Waals surface area contributed by atoms with Gasteiger partial charge in [0, 0.05) is 21.3 Å². The van der Waals surface area contributed by atoms with Crippen LogP contribution in [0, 0.1) is 0 Å². The van der Waals surface area contributed by atoms with Crippen LogP contribution in [0.2, 0.25) is 0 Å². The molecular weight excluding hydrogens is 310 g/mol. The van der Waals surface area contributed by atoms with E-state index in [1.807, 2.05) is 6.07 Å². The Bertz CT molecular complexity index is 615. The minimum Gasteiger partial charge on any atom is -0.497 e. The average molecular weight is 322 g/mol. The third-order valence-corrected chi connectivity index (χ3v) is 4.62. The van der Waals surface area contributed by atoms with Gasteiger partial charge in [-0.15, -0.1) is 0 Å². The van der Waals surface area contributed by atoms with Gasteiger partial charge in [-0.05, 0) is 36.4 Å². The average Bonchev–Trinajstić information content (AvgIpc) is 2.38. The van der Waals surface area contributed by atoms with E-state index in [-0.39, 0.29) is 0 Å². The van der Waals surface area contributed by atoms with Crippen molar-refractivity contribution in [1.29, 1.82) is 0 Å². The molecule has 2 aromatic rings. The molecule has 18 heavy (non-hydrogen) atoms. The first-order chi connectivity index (χ1) is 8.69. The van der Waals surface area contributed by atoms with Crippen molar-refractivity contribution in [2.75, 3.05) is 19.1 Å². The molecule has 0 spiro atoms. The summed E-state index contributed by atoms with van der Waals surface area (Å²) in [7, 11) is 3.79. The largest absolute Gasteiger partial charge is 0.497 e. The SMILES string of the molecule is COc1ccc2c(c1)Sc1cc(Br)ccc1N2C. The summed E-state index contributed by atoms with van der Waals surface area (Å²) in [5, 5.41) is 0. The van der Waals surface area contributed by atoms with Crippen LogP contribution in [0.4, 0.5) is 11.4 Å². The fourth-order valence-electron chi connectivity index (χ4n) is 2.08. The van der Waals surface area contributed by atoms with E-state index in [4.69, 9.17) is 4.74 Å². The molecule has 0 aliphatic carbocycles. The van der Waals surface area contributed by atoms with Crippen LogP contribution in [-0.4, -0.2) is 14.2 Å². The van der Waals surface area contributed by atoms with Gasteiger partial charge in [0.25, 0.3) is 0 Å². The molecule has 0 saturated carbocycles. The van der Waals surface area contributed by atoms with E-state index < -0.39 is 0 Å². The zero-order chi connectivity index (χ0) is 12.7. The van der Waals surface area contributed by atoms with Crippen LogP contribution in [0.5, 0.6) is 5.75 Å². The monoisotopic (exact) mass is 321 g/mol. The van der Waals surface area contributed by atoms with E-state index in [9.17, 15) is 0 Å². The Labute approximate surface area is 119 Å². The van der Waals surface area contributed by atoms with Crippen molar-refractivity contribution >= 4 is 39.1 Å². The van der Waals surface area contributed by atoms with Gasteiger partial charge in [0.15, 0.2) is 0 Å². The summed E-state index contributed by atoms with van der Waals surface area (Å²) in [6.07, 6.45) is 0. The van der Waals surface area contributed by atoms with E-state index in [2.05, 4.69) is 58.2 Å². The lowest BCUT2D eigenvalue weighted by Crippen LogP contribution is -2.14. The number of anilines is 2. The second-order valence-electron chi connectivity index (χ2n) is 4.11. The Hall–Kier alpha value is -1.13. The molecule has 1 aliphatic heterocycles. The lowest BCUT2D eigenvalue weighted by atomic mass is 10.2. The summed E-state index contributed by atoms with van der Waals surface area (Å²) < 4.78 is 6.39. The molecule has 0 bridgehead atoms. The topological polar surface area (TPSA) is 12.5 Å². The van der Waals surface area contributed by atoms with Gasteiger partial charge in [0.05, 0.1) is 18.5 Å². The Morgan fingerprint density at radius 1 is 1.06 bits per heavy atom. The predicted octanol–water partition coefficient (Wildman–Crippen LogP) is 4.69. The lowest BCUT2D eigenvalue weighted by molar-refractivity contribution is 0.413. The fraction of sp³-hybridized carbons (Fsp3) is 0.143. The van der Waals surface area contributed by atoms with Gasteiger partial charge in [-0.1, -0.05) is 27.7 Å². The molecule has 2 aromatic carbocycles. The molecule has 0 aromatic heterocycles. The number of benzene rings is 2. The molecule has 3 rings (SSSR count). The number of rotatable bonds is 1. The number of methoxy groups -OCH3 is 1.